The predicted octanol–water partition coefficient (Wildman–Crippen LogP) is 2.03. The molecule has 0 bridgehead atoms. The maximum atomic E-state index is 13.4. The maximum absolute atomic E-state index is 13.4. The molecule has 2 heterocycles. The number of aromatic nitrogens is 2. The highest BCUT2D eigenvalue weighted by molar-refractivity contribution is 5.43. The van der Waals surface area contributed by atoms with Crippen molar-refractivity contribution < 1.29 is 28.3 Å². The summed E-state index contributed by atoms with van der Waals surface area (Å²) >= 11 is 0. The topological polar surface area (TPSA) is 102 Å². The molecule has 0 spiro atoms. The number of ether oxygens (including phenoxy) is 1. The molecule has 2 aromatic heterocycles. The second-order valence-corrected chi connectivity index (χ2v) is 4.65. The Morgan fingerprint density at radius 3 is 2.52 bits per heavy atom. The van der Waals surface area contributed by atoms with Crippen LogP contribution in [0.25, 0.3) is 11.7 Å². The molecule has 0 atom stereocenters. The smallest absolute Gasteiger partial charge is 0.293 e. The van der Waals surface area contributed by atoms with Crippen molar-refractivity contribution in [2.45, 2.75) is 19.8 Å². The van der Waals surface area contributed by atoms with Crippen LogP contribution in [0.4, 0.5) is 4.39 Å². The molecule has 2 N–H and O–H groups in total. The molecule has 0 aliphatic rings. The Kier molecular flexibility index (Phi) is 4.35. The second-order valence-electron chi connectivity index (χ2n) is 4.65. The molecule has 0 unspecified atom stereocenters. The molecule has 8 heteroatoms. The van der Waals surface area contributed by atoms with E-state index in [2.05, 4.69) is 10.1 Å². The van der Waals surface area contributed by atoms with E-state index in [0.717, 1.165) is 12.1 Å². The summed E-state index contributed by atoms with van der Waals surface area (Å²) in [6.45, 7) is -0.927. The van der Waals surface area contributed by atoms with Crippen molar-refractivity contribution in [2.75, 3.05) is 0 Å². The van der Waals surface area contributed by atoms with Crippen LogP contribution in [0.3, 0.4) is 0 Å². The summed E-state index contributed by atoms with van der Waals surface area (Å²) in [5, 5.41) is 22.3. The number of halogens is 1. The van der Waals surface area contributed by atoms with Crippen LogP contribution in [0, 0.1) is 5.82 Å². The van der Waals surface area contributed by atoms with Crippen LogP contribution in [0.2, 0.25) is 0 Å². The third-order valence-corrected chi connectivity index (χ3v) is 3.09. The van der Waals surface area contributed by atoms with Gasteiger partial charge in [-0.25, -0.2) is 4.39 Å². The molecule has 23 heavy (non-hydrogen) atoms. The van der Waals surface area contributed by atoms with Crippen molar-refractivity contribution in [1.29, 1.82) is 0 Å². The lowest BCUT2D eigenvalue weighted by Crippen LogP contribution is -2.04. The van der Waals surface area contributed by atoms with E-state index in [4.69, 9.17) is 13.7 Å². The van der Waals surface area contributed by atoms with Crippen LogP contribution in [0.15, 0.2) is 39.5 Å². The van der Waals surface area contributed by atoms with Crippen LogP contribution >= 0.6 is 0 Å². The first-order chi connectivity index (χ1) is 11.2. The zero-order valence-corrected chi connectivity index (χ0v) is 11.9. The van der Waals surface area contributed by atoms with Crippen LogP contribution in [-0.4, -0.2) is 20.4 Å². The first-order valence-corrected chi connectivity index (χ1v) is 6.73. The van der Waals surface area contributed by atoms with Crippen molar-refractivity contribution in [3.63, 3.8) is 0 Å². The lowest BCUT2D eigenvalue weighted by molar-refractivity contribution is 0.236. The van der Waals surface area contributed by atoms with Crippen LogP contribution in [0.5, 0.6) is 5.75 Å². The van der Waals surface area contributed by atoms with Crippen molar-refractivity contribution in [2.24, 2.45) is 0 Å². The highest BCUT2D eigenvalue weighted by Crippen LogP contribution is 2.27. The quantitative estimate of drug-likeness (QED) is 0.716. The van der Waals surface area contributed by atoms with Crippen molar-refractivity contribution >= 4 is 0 Å². The zero-order chi connectivity index (χ0) is 16.2. The van der Waals surface area contributed by atoms with Gasteiger partial charge in [-0.2, -0.15) is 4.98 Å². The van der Waals surface area contributed by atoms with E-state index in [-0.39, 0.29) is 35.2 Å². The van der Waals surface area contributed by atoms with Crippen molar-refractivity contribution in [3.05, 3.63) is 53.3 Å². The second kappa shape index (κ2) is 6.59. The number of furan rings is 1. The summed E-state index contributed by atoms with van der Waals surface area (Å²) in [4.78, 5) is 4.10. The molecule has 3 aromatic rings. The van der Waals surface area contributed by atoms with Gasteiger partial charge in [-0.1, -0.05) is 5.16 Å². The predicted molar refractivity (Wildman–Crippen MR) is 74.6 cm³/mol. The number of nitrogens with zero attached hydrogens (tertiary/aromatic N) is 2. The Morgan fingerprint density at radius 1 is 1.17 bits per heavy atom. The molecular weight excluding hydrogens is 307 g/mol. The molecule has 3 rings (SSSR count). The molecule has 0 radical (unpaired) electrons. The van der Waals surface area contributed by atoms with Crippen molar-refractivity contribution in [3.8, 4) is 17.4 Å². The number of aliphatic hydroxyl groups excluding tert-OH is 2. The van der Waals surface area contributed by atoms with Gasteiger partial charge in [0.25, 0.3) is 5.89 Å². The minimum Gasteiger partial charge on any atom is -0.485 e. The Morgan fingerprint density at radius 2 is 1.91 bits per heavy atom. The fourth-order valence-electron chi connectivity index (χ4n) is 2.08. The van der Waals surface area contributed by atoms with Gasteiger partial charge in [-0.05, 0) is 24.3 Å². The summed E-state index contributed by atoms with van der Waals surface area (Å²) in [5.74, 6) is 0.509. The average molecular weight is 320 g/mol. The molecule has 0 saturated heterocycles. The van der Waals surface area contributed by atoms with Gasteiger partial charge in [-0.15, -0.1) is 0 Å². The molecule has 0 aliphatic heterocycles. The van der Waals surface area contributed by atoms with Gasteiger partial charge in [0.15, 0.2) is 12.4 Å². The largest absolute Gasteiger partial charge is 0.485 e. The van der Waals surface area contributed by atoms with E-state index >= 15 is 0 Å². The first-order valence-electron chi connectivity index (χ1n) is 6.73. The van der Waals surface area contributed by atoms with Gasteiger partial charge in [-0.3, -0.25) is 0 Å². The highest BCUT2D eigenvalue weighted by Gasteiger charge is 2.15. The minimum absolute atomic E-state index is 0.0736. The zero-order valence-electron chi connectivity index (χ0n) is 11.9. The van der Waals surface area contributed by atoms with Crippen molar-refractivity contribution in [1.82, 2.24) is 10.1 Å². The summed E-state index contributed by atoms with van der Waals surface area (Å²) < 4.78 is 29.1. The average Bonchev–Trinajstić information content (AvgIpc) is 3.23. The molecule has 1 aromatic carbocycles. The van der Waals surface area contributed by atoms with Gasteiger partial charge in [0.1, 0.15) is 11.6 Å². The minimum atomic E-state index is -0.565. The van der Waals surface area contributed by atoms with E-state index in [0.29, 0.717) is 5.76 Å². The molecule has 7 nitrogen and oxygen atoms in total. The van der Waals surface area contributed by atoms with E-state index in [9.17, 15) is 14.6 Å². The standard InChI is InChI=1S/C15H13FN2O5/c16-11-4-9(6-19)14(10(5-11)7-20)22-8-13-17-15(23-18-13)12-2-1-3-21-12/h1-5,19-20H,6-8H2. The SMILES string of the molecule is OCc1cc(F)cc(CO)c1OCc1noc(-c2ccco2)n1. The fourth-order valence-corrected chi connectivity index (χ4v) is 2.08. The Labute approximate surface area is 129 Å². The fraction of sp³-hybridized carbons (Fsp3) is 0.200. The summed E-state index contributed by atoms with van der Waals surface area (Å²) in [5.41, 5.74) is 0.451. The number of hydrogen-bond donors (Lipinski definition) is 2. The lowest BCUT2D eigenvalue weighted by atomic mass is 10.1. The van der Waals surface area contributed by atoms with Crippen LogP contribution in [-0.2, 0) is 19.8 Å². The number of benzene rings is 1. The normalized spacial score (nSPS) is 10.9. The van der Waals surface area contributed by atoms with E-state index in [1.807, 2.05) is 0 Å². The summed E-state index contributed by atoms with van der Waals surface area (Å²) in [7, 11) is 0. The van der Waals surface area contributed by atoms with Crippen LogP contribution < -0.4 is 4.74 Å². The molecule has 0 fully saturated rings. The highest BCUT2D eigenvalue weighted by atomic mass is 19.1. The molecule has 0 aliphatic carbocycles. The number of rotatable bonds is 6. The van der Waals surface area contributed by atoms with E-state index < -0.39 is 19.0 Å². The van der Waals surface area contributed by atoms with Gasteiger partial charge in [0.2, 0.25) is 5.82 Å². The monoisotopic (exact) mass is 320 g/mol. The van der Waals surface area contributed by atoms with Gasteiger partial charge >= 0.3 is 0 Å². The Bertz CT molecular complexity index is 760. The third-order valence-electron chi connectivity index (χ3n) is 3.09. The number of hydrogen-bond acceptors (Lipinski definition) is 7. The summed E-state index contributed by atoms with van der Waals surface area (Å²) in [6.07, 6.45) is 1.48. The van der Waals surface area contributed by atoms with Crippen LogP contribution in [0.1, 0.15) is 17.0 Å². The molecule has 0 amide bonds. The molecular formula is C15H13FN2O5. The van der Waals surface area contributed by atoms with E-state index in [1.54, 1.807) is 12.1 Å². The molecule has 120 valence electrons. The summed E-state index contributed by atoms with van der Waals surface area (Å²) in [6, 6.07) is 5.64. The Hall–Kier alpha value is -2.71. The third kappa shape index (κ3) is 3.22. The van der Waals surface area contributed by atoms with E-state index in [1.165, 1.54) is 6.26 Å². The van der Waals surface area contributed by atoms with Gasteiger partial charge in [0.05, 0.1) is 19.5 Å². The maximum Gasteiger partial charge on any atom is 0.293 e. The lowest BCUT2D eigenvalue weighted by Gasteiger charge is -2.13. The van der Waals surface area contributed by atoms with Gasteiger partial charge in [0, 0.05) is 11.1 Å². The Balaban J connectivity index is 1.78. The van der Waals surface area contributed by atoms with Gasteiger partial charge < -0.3 is 23.9 Å². The number of aliphatic hydroxyl groups is 2. The molecule has 0 saturated carbocycles. The first kappa shape index (κ1) is 15.2.